The van der Waals surface area contributed by atoms with Crippen LogP contribution in [0.15, 0.2) is 54.7 Å². The van der Waals surface area contributed by atoms with Crippen molar-refractivity contribution < 1.29 is 22.7 Å². The topological polar surface area (TPSA) is 54.5 Å². The number of nitrogens with one attached hydrogen (secondary N) is 1. The highest BCUT2D eigenvalue weighted by Gasteiger charge is 2.32. The van der Waals surface area contributed by atoms with Gasteiger partial charge in [0.05, 0.1) is 5.54 Å². The van der Waals surface area contributed by atoms with Crippen LogP contribution in [-0.2, 0) is 10.3 Å². The Kier molecular flexibility index (Phi) is 6.38. The summed E-state index contributed by atoms with van der Waals surface area (Å²) in [4.78, 5) is 19.0. The number of rotatable bonds is 7. The average molecular weight is 510 g/mol. The molecule has 5 nitrogen and oxygen atoms in total. The van der Waals surface area contributed by atoms with Gasteiger partial charge in [-0.15, -0.1) is 13.2 Å². The second-order valence-electron chi connectivity index (χ2n) is 10.4. The van der Waals surface area contributed by atoms with Crippen molar-refractivity contribution in [2.45, 2.75) is 64.3 Å². The SMILES string of the molecule is Cc1c(NC(C)(C)c2ccc(C3CC3)nc2)cc(N2CCCC2=O)cc1-c1cccc(OC(F)(F)F)c1. The van der Waals surface area contributed by atoms with Gasteiger partial charge in [0.2, 0.25) is 5.91 Å². The lowest BCUT2D eigenvalue weighted by molar-refractivity contribution is -0.274. The number of pyridine rings is 1. The Bertz CT molecular complexity index is 1310. The smallest absolute Gasteiger partial charge is 0.406 e. The third-order valence-electron chi connectivity index (χ3n) is 7.11. The van der Waals surface area contributed by atoms with E-state index in [1.165, 1.54) is 31.0 Å². The summed E-state index contributed by atoms with van der Waals surface area (Å²) < 4.78 is 42.8. The van der Waals surface area contributed by atoms with E-state index in [0.29, 0.717) is 30.1 Å². The second kappa shape index (κ2) is 9.39. The monoisotopic (exact) mass is 509 g/mol. The number of hydrogen-bond donors (Lipinski definition) is 1. The van der Waals surface area contributed by atoms with Gasteiger partial charge in [-0.25, -0.2) is 0 Å². The molecule has 2 heterocycles. The van der Waals surface area contributed by atoms with Gasteiger partial charge in [0, 0.05) is 42.1 Å². The fraction of sp³-hybridized carbons (Fsp3) is 0.379. The molecule has 0 spiro atoms. The molecule has 1 aromatic heterocycles. The van der Waals surface area contributed by atoms with Gasteiger partial charge >= 0.3 is 6.36 Å². The van der Waals surface area contributed by atoms with Crippen LogP contribution in [0.25, 0.3) is 11.1 Å². The van der Waals surface area contributed by atoms with E-state index in [1.807, 2.05) is 25.3 Å². The Morgan fingerprint density at radius 2 is 1.86 bits per heavy atom. The van der Waals surface area contributed by atoms with Crippen LogP contribution < -0.4 is 15.0 Å². The standard InChI is InChI=1S/C29H30F3N3O2/c1-18-24(20-6-4-7-23(14-20)37-29(30,31)32)15-22(35-13-5-8-27(35)36)16-26(18)34-28(2,3)21-11-12-25(33-17-21)19-9-10-19/h4,6-7,11-12,14-17,19,34H,5,8-10,13H2,1-3H3. The summed E-state index contributed by atoms with van der Waals surface area (Å²) in [7, 11) is 0. The van der Waals surface area contributed by atoms with Crippen molar-refractivity contribution in [3.05, 3.63) is 71.5 Å². The van der Waals surface area contributed by atoms with E-state index in [9.17, 15) is 18.0 Å². The van der Waals surface area contributed by atoms with Gasteiger partial charge in [-0.2, -0.15) is 0 Å². The molecule has 5 rings (SSSR count). The van der Waals surface area contributed by atoms with Crippen LogP contribution in [0.2, 0.25) is 0 Å². The fourth-order valence-corrected chi connectivity index (χ4v) is 4.87. The molecule has 2 aliphatic rings. The fourth-order valence-electron chi connectivity index (χ4n) is 4.87. The number of ether oxygens (including phenoxy) is 1. The molecule has 1 saturated carbocycles. The second-order valence-corrected chi connectivity index (χ2v) is 10.4. The van der Waals surface area contributed by atoms with E-state index in [2.05, 4.69) is 41.0 Å². The number of alkyl halides is 3. The van der Waals surface area contributed by atoms with Crippen LogP contribution in [-0.4, -0.2) is 23.8 Å². The van der Waals surface area contributed by atoms with Gasteiger partial charge < -0.3 is 15.0 Å². The van der Waals surface area contributed by atoms with Crippen LogP contribution in [0, 0.1) is 6.92 Å². The molecule has 8 heteroatoms. The maximum atomic E-state index is 12.9. The van der Waals surface area contributed by atoms with Crippen molar-refractivity contribution in [3.63, 3.8) is 0 Å². The van der Waals surface area contributed by atoms with Crippen molar-refractivity contribution in [1.82, 2.24) is 4.98 Å². The van der Waals surface area contributed by atoms with Crippen molar-refractivity contribution in [1.29, 1.82) is 0 Å². The Hall–Kier alpha value is -3.55. The Morgan fingerprint density at radius 1 is 1.08 bits per heavy atom. The molecule has 37 heavy (non-hydrogen) atoms. The normalized spacial score (nSPS) is 16.3. The molecule has 1 N–H and O–H groups in total. The molecule has 0 bridgehead atoms. The minimum absolute atomic E-state index is 0.0361. The molecule has 0 atom stereocenters. The van der Waals surface area contributed by atoms with Gasteiger partial charge in [-0.05, 0) is 92.6 Å². The first-order valence-corrected chi connectivity index (χ1v) is 12.6. The summed E-state index contributed by atoms with van der Waals surface area (Å²) in [6, 6.07) is 13.9. The lowest BCUT2D eigenvalue weighted by atomic mass is 9.92. The number of carbonyl (C=O) groups is 1. The molecule has 1 saturated heterocycles. The summed E-state index contributed by atoms with van der Waals surface area (Å²) in [5.41, 5.74) is 5.31. The highest BCUT2D eigenvalue weighted by atomic mass is 19.4. The number of halogens is 3. The summed E-state index contributed by atoms with van der Waals surface area (Å²) in [5.74, 6) is 0.319. The van der Waals surface area contributed by atoms with E-state index in [-0.39, 0.29) is 11.7 Å². The van der Waals surface area contributed by atoms with E-state index in [0.717, 1.165) is 34.5 Å². The number of anilines is 2. The van der Waals surface area contributed by atoms with Crippen molar-refractivity contribution in [2.24, 2.45) is 0 Å². The van der Waals surface area contributed by atoms with Gasteiger partial charge in [0.25, 0.3) is 0 Å². The molecule has 0 unspecified atom stereocenters. The number of amides is 1. The molecule has 2 aromatic carbocycles. The number of carbonyl (C=O) groups excluding carboxylic acids is 1. The summed E-state index contributed by atoms with van der Waals surface area (Å²) >= 11 is 0. The highest BCUT2D eigenvalue weighted by molar-refractivity contribution is 5.97. The maximum absolute atomic E-state index is 12.9. The van der Waals surface area contributed by atoms with Gasteiger partial charge in [0.1, 0.15) is 5.75 Å². The predicted molar refractivity (Wildman–Crippen MR) is 138 cm³/mol. The predicted octanol–water partition coefficient (Wildman–Crippen LogP) is 7.31. The number of nitrogens with zero attached hydrogens (tertiary/aromatic N) is 2. The summed E-state index contributed by atoms with van der Waals surface area (Å²) in [6.45, 7) is 6.65. The Morgan fingerprint density at radius 3 is 2.49 bits per heavy atom. The molecule has 1 aliphatic heterocycles. The Balaban J connectivity index is 1.54. The zero-order valence-electron chi connectivity index (χ0n) is 21.2. The van der Waals surface area contributed by atoms with Crippen LogP contribution >= 0.6 is 0 Å². The third-order valence-corrected chi connectivity index (χ3v) is 7.11. The molecule has 0 radical (unpaired) electrons. The minimum atomic E-state index is -4.78. The molecular formula is C29H30F3N3O2. The summed E-state index contributed by atoms with van der Waals surface area (Å²) in [6.07, 6.45) is 0.746. The van der Waals surface area contributed by atoms with Crippen LogP contribution in [0.1, 0.15) is 62.3 Å². The third kappa shape index (κ3) is 5.58. The van der Waals surface area contributed by atoms with Gasteiger partial charge in [0.15, 0.2) is 0 Å². The maximum Gasteiger partial charge on any atom is 0.573 e. The number of benzene rings is 2. The molecule has 1 amide bonds. The van der Waals surface area contributed by atoms with Crippen molar-refractivity contribution in [2.75, 3.05) is 16.8 Å². The first kappa shape index (κ1) is 25.1. The van der Waals surface area contributed by atoms with Gasteiger partial charge in [-0.3, -0.25) is 9.78 Å². The first-order chi connectivity index (χ1) is 17.5. The van der Waals surface area contributed by atoms with E-state index < -0.39 is 11.9 Å². The zero-order chi connectivity index (χ0) is 26.4. The Labute approximate surface area is 214 Å². The summed E-state index contributed by atoms with van der Waals surface area (Å²) in [5, 5.41) is 3.62. The zero-order valence-corrected chi connectivity index (χ0v) is 21.2. The van der Waals surface area contributed by atoms with Crippen LogP contribution in [0.5, 0.6) is 5.75 Å². The number of hydrogen-bond acceptors (Lipinski definition) is 4. The molecule has 2 fully saturated rings. The molecule has 1 aliphatic carbocycles. The van der Waals surface area contributed by atoms with Crippen molar-refractivity contribution >= 4 is 17.3 Å². The quantitative estimate of drug-likeness (QED) is 0.363. The first-order valence-electron chi connectivity index (χ1n) is 12.6. The molecular weight excluding hydrogens is 479 g/mol. The molecule has 3 aromatic rings. The lowest BCUT2D eigenvalue weighted by Gasteiger charge is -2.31. The molecule has 194 valence electrons. The van der Waals surface area contributed by atoms with Crippen LogP contribution in [0.3, 0.4) is 0 Å². The average Bonchev–Trinajstić information content (AvgIpc) is 3.60. The van der Waals surface area contributed by atoms with E-state index in [4.69, 9.17) is 0 Å². The highest BCUT2D eigenvalue weighted by Crippen LogP contribution is 2.41. The number of aromatic nitrogens is 1. The van der Waals surface area contributed by atoms with E-state index in [1.54, 1.807) is 11.0 Å². The van der Waals surface area contributed by atoms with Crippen molar-refractivity contribution in [3.8, 4) is 16.9 Å². The van der Waals surface area contributed by atoms with Gasteiger partial charge in [-0.1, -0.05) is 18.2 Å². The van der Waals surface area contributed by atoms with Crippen LogP contribution in [0.4, 0.5) is 24.5 Å². The minimum Gasteiger partial charge on any atom is -0.406 e. The largest absolute Gasteiger partial charge is 0.573 e. The lowest BCUT2D eigenvalue weighted by Crippen LogP contribution is -2.29. The van der Waals surface area contributed by atoms with E-state index >= 15 is 0 Å².